The van der Waals surface area contributed by atoms with Crippen LogP contribution in [0.3, 0.4) is 0 Å². The van der Waals surface area contributed by atoms with Gasteiger partial charge in [0.25, 0.3) is 0 Å². The largest absolute Gasteiger partial charge is 0.496 e. The van der Waals surface area contributed by atoms with E-state index in [9.17, 15) is 4.79 Å². The number of nitrogens with two attached hydrogens (primary N) is 1. The minimum absolute atomic E-state index is 0.0365. The van der Waals surface area contributed by atoms with Crippen LogP contribution in [-0.4, -0.2) is 18.9 Å². The molecule has 0 bridgehead atoms. The number of hydrogen-bond acceptors (Lipinski definition) is 3. The molecular weight excluding hydrogens is 238 g/mol. The van der Waals surface area contributed by atoms with Crippen molar-refractivity contribution in [3.8, 4) is 5.75 Å². The van der Waals surface area contributed by atoms with E-state index in [2.05, 4.69) is 0 Å². The minimum Gasteiger partial charge on any atom is -0.496 e. The molecule has 3 nitrogen and oxygen atoms in total. The van der Waals surface area contributed by atoms with Crippen LogP contribution >= 0.6 is 11.6 Å². The fourth-order valence-corrected chi connectivity index (χ4v) is 1.63. The first-order chi connectivity index (χ1) is 7.95. The van der Waals surface area contributed by atoms with Crippen LogP contribution in [0.5, 0.6) is 5.75 Å². The number of benzene rings is 1. The van der Waals surface area contributed by atoms with Crippen LogP contribution in [0.2, 0.25) is 5.02 Å². The molecule has 0 aromatic heterocycles. The SMILES string of the molecule is COc1ccc(Cl)cc1C(=O)CC(N)C(C)C. The van der Waals surface area contributed by atoms with Gasteiger partial charge in [0, 0.05) is 17.5 Å². The fraction of sp³-hybridized carbons (Fsp3) is 0.462. The van der Waals surface area contributed by atoms with Gasteiger partial charge in [-0.1, -0.05) is 25.4 Å². The zero-order valence-electron chi connectivity index (χ0n) is 10.4. The third kappa shape index (κ3) is 3.72. The van der Waals surface area contributed by atoms with E-state index in [1.54, 1.807) is 18.2 Å². The lowest BCUT2D eigenvalue weighted by Gasteiger charge is -2.15. The van der Waals surface area contributed by atoms with Gasteiger partial charge in [-0.2, -0.15) is 0 Å². The summed E-state index contributed by atoms with van der Waals surface area (Å²) >= 11 is 5.88. The average molecular weight is 256 g/mol. The number of rotatable bonds is 5. The molecule has 0 spiro atoms. The zero-order valence-corrected chi connectivity index (χ0v) is 11.1. The average Bonchev–Trinajstić information content (AvgIpc) is 2.28. The summed E-state index contributed by atoms with van der Waals surface area (Å²) in [5.74, 6) is 0.769. The first kappa shape index (κ1) is 14.0. The Morgan fingerprint density at radius 2 is 2.12 bits per heavy atom. The van der Waals surface area contributed by atoms with Gasteiger partial charge >= 0.3 is 0 Å². The fourth-order valence-electron chi connectivity index (χ4n) is 1.46. The topological polar surface area (TPSA) is 52.3 Å². The lowest BCUT2D eigenvalue weighted by Crippen LogP contribution is -2.29. The molecule has 0 amide bonds. The minimum atomic E-state index is -0.147. The number of hydrogen-bond donors (Lipinski definition) is 1. The molecule has 0 aliphatic carbocycles. The van der Waals surface area contributed by atoms with Crippen molar-refractivity contribution in [1.82, 2.24) is 0 Å². The Morgan fingerprint density at radius 3 is 2.65 bits per heavy atom. The summed E-state index contributed by atoms with van der Waals surface area (Å²) < 4.78 is 5.14. The summed E-state index contributed by atoms with van der Waals surface area (Å²) in [6.45, 7) is 3.99. The Balaban J connectivity index is 2.91. The van der Waals surface area contributed by atoms with E-state index >= 15 is 0 Å². The lowest BCUT2D eigenvalue weighted by atomic mass is 9.96. The van der Waals surface area contributed by atoms with Crippen molar-refractivity contribution in [2.24, 2.45) is 11.7 Å². The van der Waals surface area contributed by atoms with E-state index in [1.165, 1.54) is 7.11 Å². The Bertz CT molecular complexity index is 404. The maximum absolute atomic E-state index is 12.1. The number of carbonyl (C=O) groups excluding carboxylic acids is 1. The first-order valence-corrected chi connectivity index (χ1v) is 5.95. The van der Waals surface area contributed by atoms with Gasteiger partial charge in [-0.05, 0) is 24.1 Å². The smallest absolute Gasteiger partial charge is 0.168 e. The number of carbonyl (C=O) groups is 1. The second-order valence-corrected chi connectivity index (χ2v) is 4.82. The molecule has 4 heteroatoms. The molecule has 0 heterocycles. The van der Waals surface area contributed by atoms with Crippen molar-refractivity contribution >= 4 is 17.4 Å². The first-order valence-electron chi connectivity index (χ1n) is 5.58. The molecule has 1 atom stereocenters. The van der Waals surface area contributed by atoms with Crippen LogP contribution in [0, 0.1) is 5.92 Å². The quantitative estimate of drug-likeness (QED) is 0.823. The van der Waals surface area contributed by atoms with Crippen molar-refractivity contribution in [2.75, 3.05) is 7.11 Å². The Morgan fingerprint density at radius 1 is 1.47 bits per heavy atom. The third-order valence-electron chi connectivity index (χ3n) is 2.74. The van der Waals surface area contributed by atoms with Gasteiger partial charge in [0.15, 0.2) is 5.78 Å². The van der Waals surface area contributed by atoms with Crippen molar-refractivity contribution in [3.05, 3.63) is 28.8 Å². The summed E-state index contributed by atoms with van der Waals surface area (Å²) in [5.41, 5.74) is 6.39. The molecule has 1 unspecified atom stereocenters. The molecule has 0 radical (unpaired) electrons. The number of methoxy groups -OCH3 is 1. The van der Waals surface area contributed by atoms with Crippen molar-refractivity contribution < 1.29 is 9.53 Å². The van der Waals surface area contributed by atoms with Gasteiger partial charge in [-0.3, -0.25) is 4.79 Å². The molecule has 94 valence electrons. The lowest BCUT2D eigenvalue weighted by molar-refractivity contribution is 0.0964. The third-order valence-corrected chi connectivity index (χ3v) is 2.97. The standard InChI is InChI=1S/C13H18ClNO2/c1-8(2)11(15)7-12(16)10-6-9(14)4-5-13(10)17-3/h4-6,8,11H,7,15H2,1-3H3. The maximum Gasteiger partial charge on any atom is 0.168 e. The van der Waals surface area contributed by atoms with Crippen molar-refractivity contribution in [2.45, 2.75) is 26.3 Å². The number of halogens is 1. The van der Waals surface area contributed by atoms with Crippen LogP contribution < -0.4 is 10.5 Å². The van der Waals surface area contributed by atoms with Crippen molar-refractivity contribution in [1.29, 1.82) is 0 Å². The van der Waals surface area contributed by atoms with Gasteiger partial charge in [0.05, 0.1) is 12.7 Å². The number of ether oxygens (including phenoxy) is 1. The molecule has 0 saturated carbocycles. The summed E-state index contributed by atoms with van der Waals surface area (Å²) in [7, 11) is 1.53. The van der Waals surface area contributed by atoms with Crippen LogP contribution in [0.15, 0.2) is 18.2 Å². The van der Waals surface area contributed by atoms with Crippen LogP contribution in [-0.2, 0) is 0 Å². The van der Waals surface area contributed by atoms with Crippen LogP contribution in [0.1, 0.15) is 30.6 Å². The maximum atomic E-state index is 12.1. The van der Waals surface area contributed by atoms with Gasteiger partial charge < -0.3 is 10.5 Å². The van der Waals surface area contributed by atoms with Gasteiger partial charge in [0.2, 0.25) is 0 Å². The monoisotopic (exact) mass is 255 g/mol. The highest BCUT2D eigenvalue weighted by Crippen LogP contribution is 2.24. The summed E-state index contributed by atoms with van der Waals surface area (Å²) in [6, 6.07) is 4.86. The van der Waals surface area contributed by atoms with Gasteiger partial charge in [-0.15, -0.1) is 0 Å². The highest BCUT2D eigenvalue weighted by atomic mass is 35.5. The molecule has 1 rings (SSSR count). The van der Waals surface area contributed by atoms with Crippen molar-refractivity contribution in [3.63, 3.8) is 0 Å². The summed E-state index contributed by atoms with van der Waals surface area (Å²) in [6.07, 6.45) is 0.300. The molecule has 17 heavy (non-hydrogen) atoms. The molecule has 1 aromatic carbocycles. The molecule has 0 aliphatic rings. The van der Waals surface area contributed by atoms with E-state index in [1.807, 2.05) is 13.8 Å². The Labute approximate surface area is 107 Å². The molecule has 0 fully saturated rings. The Kier molecular flexibility index (Phi) is 4.97. The second-order valence-electron chi connectivity index (χ2n) is 4.38. The van der Waals surface area contributed by atoms with Gasteiger partial charge in [-0.25, -0.2) is 0 Å². The molecular formula is C13H18ClNO2. The molecule has 0 aliphatic heterocycles. The second kappa shape index (κ2) is 6.03. The number of Topliss-reactive ketones (excluding diaryl/α,β-unsaturated/α-hetero) is 1. The van der Waals surface area contributed by atoms with Crippen LogP contribution in [0.4, 0.5) is 0 Å². The molecule has 1 aromatic rings. The predicted molar refractivity (Wildman–Crippen MR) is 69.8 cm³/mol. The highest BCUT2D eigenvalue weighted by molar-refractivity contribution is 6.31. The van der Waals surface area contributed by atoms with Gasteiger partial charge in [0.1, 0.15) is 5.75 Å². The van der Waals surface area contributed by atoms with E-state index in [0.29, 0.717) is 22.8 Å². The van der Waals surface area contributed by atoms with Crippen LogP contribution in [0.25, 0.3) is 0 Å². The number of ketones is 1. The molecule has 0 saturated heterocycles. The summed E-state index contributed by atoms with van der Waals surface area (Å²) in [5, 5.41) is 0.521. The Hall–Kier alpha value is -1.06. The van der Waals surface area contributed by atoms with E-state index in [4.69, 9.17) is 22.1 Å². The highest BCUT2D eigenvalue weighted by Gasteiger charge is 2.18. The van der Waals surface area contributed by atoms with E-state index < -0.39 is 0 Å². The normalized spacial score (nSPS) is 12.6. The molecule has 2 N–H and O–H groups in total. The van der Waals surface area contributed by atoms with E-state index in [0.717, 1.165) is 0 Å². The predicted octanol–water partition coefficient (Wildman–Crippen LogP) is 2.90. The zero-order chi connectivity index (χ0) is 13.0. The van der Waals surface area contributed by atoms with E-state index in [-0.39, 0.29) is 17.7 Å². The summed E-state index contributed by atoms with van der Waals surface area (Å²) in [4.78, 5) is 12.1.